The van der Waals surface area contributed by atoms with Gasteiger partial charge in [0, 0.05) is 13.2 Å². The van der Waals surface area contributed by atoms with Crippen molar-refractivity contribution < 1.29 is 14.3 Å². The van der Waals surface area contributed by atoms with Crippen molar-refractivity contribution in [3.8, 4) is 0 Å². The third-order valence-electron chi connectivity index (χ3n) is 2.65. The molecule has 5 nitrogen and oxygen atoms in total. The minimum atomic E-state index is -0.360. The minimum Gasteiger partial charge on any atom is -0.380 e. The number of rotatable bonds is 5. The van der Waals surface area contributed by atoms with E-state index in [2.05, 4.69) is 5.32 Å². The van der Waals surface area contributed by atoms with Crippen LogP contribution >= 0.6 is 0 Å². The second-order valence-corrected chi connectivity index (χ2v) is 4.19. The number of piperazine rings is 1. The van der Waals surface area contributed by atoms with Gasteiger partial charge in [-0.05, 0) is 12.8 Å². The van der Waals surface area contributed by atoms with Gasteiger partial charge in [-0.3, -0.25) is 9.59 Å². The normalized spacial score (nSPS) is 21.5. The van der Waals surface area contributed by atoms with E-state index in [0.29, 0.717) is 19.8 Å². The van der Waals surface area contributed by atoms with E-state index >= 15 is 0 Å². The lowest BCUT2D eigenvalue weighted by molar-refractivity contribution is -0.148. The molecule has 1 unspecified atom stereocenters. The molecule has 16 heavy (non-hydrogen) atoms. The molecule has 1 N–H and O–H groups in total. The summed E-state index contributed by atoms with van der Waals surface area (Å²) < 4.78 is 5.22. The highest BCUT2D eigenvalue weighted by Crippen LogP contribution is 2.14. The Morgan fingerprint density at radius 3 is 2.75 bits per heavy atom. The molecular formula is C11H20N2O3. The topological polar surface area (TPSA) is 58.6 Å². The molecule has 0 aromatic carbocycles. The van der Waals surface area contributed by atoms with Gasteiger partial charge >= 0.3 is 0 Å². The van der Waals surface area contributed by atoms with Gasteiger partial charge in [0.25, 0.3) is 0 Å². The second kappa shape index (κ2) is 5.84. The molecule has 92 valence electrons. The maximum absolute atomic E-state index is 11.7. The lowest BCUT2D eigenvalue weighted by Gasteiger charge is -2.37. The number of hydrogen-bond acceptors (Lipinski definition) is 3. The first kappa shape index (κ1) is 13.0. The Kier molecular flexibility index (Phi) is 4.73. The molecule has 0 bridgehead atoms. The van der Waals surface area contributed by atoms with Crippen molar-refractivity contribution in [1.29, 1.82) is 0 Å². The van der Waals surface area contributed by atoms with E-state index in [4.69, 9.17) is 4.74 Å². The first-order chi connectivity index (χ1) is 7.57. The number of carbonyl (C=O) groups excluding carboxylic acids is 2. The molecule has 0 radical (unpaired) electrons. The second-order valence-electron chi connectivity index (χ2n) is 4.19. The van der Waals surface area contributed by atoms with Crippen molar-refractivity contribution in [2.75, 3.05) is 26.3 Å². The SMILES string of the molecule is CCOCCN1C(=O)CNC(=O)C1C(C)C. The molecule has 1 aliphatic rings. The molecule has 0 saturated carbocycles. The van der Waals surface area contributed by atoms with E-state index in [9.17, 15) is 9.59 Å². The van der Waals surface area contributed by atoms with E-state index in [1.807, 2.05) is 20.8 Å². The maximum atomic E-state index is 11.7. The lowest BCUT2D eigenvalue weighted by Crippen LogP contribution is -2.60. The molecule has 1 fully saturated rings. The molecule has 0 aromatic rings. The summed E-state index contributed by atoms with van der Waals surface area (Å²) in [6.07, 6.45) is 0. The fourth-order valence-corrected chi connectivity index (χ4v) is 1.90. The third kappa shape index (κ3) is 2.95. The molecule has 0 spiro atoms. The van der Waals surface area contributed by atoms with Gasteiger partial charge in [0.2, 0.25) is 11.8 Å². The van der Waals surface area contributed by atoms with Gasteiger partial charge in [-0.25, -0.2) is 0 Å². The molecule has 1 aliphatic heterocycles. The van der Waals surface area contributed by atoms with Crippen molar-refractivity contribution in [2.45, 2.75) is 26.8 Å². The summed E-state index contributed by atoms with van der Waals surface area (Å²) in [7, 11) is 0. The molecule has 2 amide bonds. The van der Waals surface area contributed by atoms with Crippen molar-refractivity contribution in [3.05, 3.63) is 0 Å². The van der Waals surface area contributed by atoms with Gasteiger partial charge in [-0.15, -0.1) is 0 Å². The van der Waals surface area contributed by atoms with Gasteiger partial charge in [0.05, 0.1) is 13.2 Å². The van der Waals surface area contributed by atoms with Crippen molar-refractivity contribution in [3.63, 3.8) is 0 Å². The Morgan fingerprint density at radius 1 is 1.50 bits per heavy atom. The van der Waals surface area contributed by atoms with Crippen LogP contribution in [0.3, 0.4) is 0 Å². The summed E-state index contributed by atoms with van der Waals surface area (Å²) in [5, 5.41) is 2.61. The van der Waals surface area contributed by atoms with Crippen LogP contribution in [0.15, 0.2) is 0 Å². The van der Waals surface area contributed by atoms with E-state index in [1.165, 1.54) is 0 Å². The van der Waals surface area contributed by atoms with Crippen molar-refractivity contribution in [2.24, 2.45) is 5.92 Å². The lowest BCUT2D eigenvalue weighted by atomic mass is 9.99. The van der Waals surface area contributed by atoms with Gasteiger partial charge in [-0.2, -0.15) is 0 Å². The molecule has 1 atom stereocenters. The van der Waals surface area contributed by atoms with Crippen LogP contribution in [0.4, 0.5) is 0 Å². The van der Waals surface area contributed by atoms with Crippen LogP contribution in [-0.2, 0) is 14.3 Å². The van der Waals surface area contributed by atoms with Crippen LogP contribution in [-0.4, -0.2) is 49.1 Å². The summed E-state index contributed by atoms with van der Waals surface area (Å²) in [5.41, 5.74) is 0. The summed E-state index contributed by atoms with van der Waals surface area (Å²) in [6.45, 7) is 7.49. The van der Waals surface area contributed by atoms with E-state index in [1.54, 1.807) is 4.90 Å². The highest BCUT2D eigenvalue weighted by Gasteiger charge is 2.35. The van der Waals surface area contributed by atoms with Crippen LogP contribution in [0.2, 0.25) is 0 Å². The number of ether oxygens (including phenoxy) is 1. The largest absolute Gasteiger partial charge is 0.380 e. The predicted molar refractivity (Wildman–Crippen MR) is 59.8 cm³/mol. The number of nitrogens with zero attached hydrogens (tertiary/aromatic N) is 1. The van der Waals surface area contributed by atoms with Crippen molar-refractivity contribution in [1.82, 2.24) is 10.2 Å². The number of hydrogen-bond donors (Lipinski definition) is 1. The monoisotopic (exact) mass is 228 g/mol. The zero-order valence-electron chi connectivity index (χ0n) is 10.2. The summed E-state index contributed by atoms with van der Waals surface area (Å²) in [6, 6.07) is -0.360. The average molecular weight is 228 g/mol. The fourth-order valence-electron chi connectivity index (χ4n) is 1.90. The first-order valence-electron chi connectivity index (χ1n) is 5.72. The standard InChI is InChI=1S/C11H20N2O3/c1-4-16-6-5-13-9(14)7-12-11(15)10(13)8(2)3/h8,10H,4-7H2,1-3H3,(H,12,15). The fraction of sp³-hybridized carbons (Fsp3) is 0.818. The smallest absolute Gasteiger partial charge is 0.243 e. The zero-order valence-corrected chi connectivity index (χ0v) is 10.2. The van der Waals surface area contributed by atoms with E-state index < -0.39 is 0 Å². The molecule has 0 aliphatic carbocycles. The van der Waals surface area contributed by atoms with Gasteiger partial charge in [-0.1, -0.05) is 13.8 Å². The molecule has 1 heterocycles. The highest BCUT2D eigenvalue weighted by molar-refractivity contribution is 5.94. The van der Waals surface area contributed by atoms with Gasteiger partial charge < -0.3 is 15.0 Å². The quantitative estimate of drug-likeness (QED) is 0.674. The highest BCUT2D eigenvalue weighted by atomic mass is 16.5. The average Bonchev–Trinajstić information content (AvgIpc) is 2.23. The Bertz CT molecular complexity index is 266. The first-order valence-corrected chi connectivity index (χ1v) is 5.72. The van der Waals surface area contributed by atoms with E-state index in [0.717, 1.165) is 0 Å². The zero-order chi connectivity index (χ0) is 12.1. The Balaban J connectivity index is 2.65. The van der Waals surface area contributed by atoms with Crippen LogP contribution < -0.4 is 5.32 Å². The van der Waals surface area contributed by atoms with Crippen LogP contribution in [0.1, 0.15) is 20.8 Å². The summed E-state index contributed by atoms with van der Waals surface area (Å²) >= 11 is 0. The Hall–Kier alpha value is -1.10. The van der Waals surface area contributed by atoms with Crippen LogP contribution in [0.5, 0.6) is 0 Å². The third-order valence-corrected chi connectivity index (χ3v) is 2.65. The van der Waals surface area contributed by atoms with Crippen molar-refractivity contribution >= 4 is 11.8 Å². The molecule has 5 heteroatoms. The van der Waals surface area contributed by atoms with Gasteiger partial charge in [0.1, 0.15) is 6.04 Å². The Labute approximate surface area is 96.1 Å². The van der Waals surface area contributed by atoms with E-state index in [-0.39, 0.29) is 30.3 Å². The summed E-state index contributed by atoms with van der Waals surface area (Å²) in [5.74, 6) is 0.0231. The number of amides is 2. The summed E-state index contributed by atoms with van der Waals surface area (Å²) in [4.78, 5) is 25.0. The molecule has 0 aromatic heterocycles. The molecule has 1 rings (SSSR count). The van der Waals surface area contributed by atoms with Crippen LogP contribution in [0, 0.1) is 5.92 Å². The number of nitrogens with one attached hydrogen (secondary N) is 1. The molecule has 1 saturated heterocycles. The maximum Gasteiger partial charge on any atom is 0.243 e. The Morgan fingerprint density at radius 2 is 2.19 bits per heavy atom. The number of carbonyl (C=O) groups is 2. The minimum absolute atomic E-state index is 0.0296. The van der Waals surface area contributed by atoms with Gasteiger partial charge in [0.15, 0.2) is 0 Å². The van der Waals surface area contributed by atoms with Crippen LogP contribution in [0.25, 0.3) is 0 Å². The predicted octanol–water partition coefficient (Wildman–Crippen LogP) is 0.00590. The molecular weight excluding hydrogens is 208 g/mol.